The maximum Gasteiger partial charge on any atom is 0.270 e. The number of non-ortho nitro benzene ring substituents is 1. The van der Waals surface area contributed by atoms with Gasteiger partial charge in [0.05, 0.1) is 16.0 Å². The van der Waals surface area contributed by atoms with Crippen LogP contribution in [-0.2, 0) is 6.54 Å². The van der Waals surface area contributed by atoms with Crippen LogP contribution in [-0.4, -0.2) is 22.2 Å². The normalized spacial score (nSPS) is 24.8. The molecule has 6 heteroatoms. The third kappa shape index (κ3) is 2.73. The molecule has 19 heavy (non-hydrogen) atoms. The first-order chi connectivity index (χ1) is 8.82. The summed E-state index contributed by atoms with van der Waals surface area (Å²) in [6.45, 7) is 4.56. The van der Waals surface area contributed by atoms with Crippen LogP contribution in [0, 0.1) is 15.5 Å². The maximum atomic E-state index is 10.6. The zero-order valence-electron chi connectivity index (χ0n) is 10.9. The Labute approximate surface area is 116 Å². The van der Waals surface area contributed by atoms with Crippen LogP contribution in [0.3, 0.4) is 0 Å². The molecule has 0 heterocycles. The fourth-order valence-electron chi connectivity index (χ4n) is 2.28. The Morgan fingerprint density at radius 3 is 2.74 bits per heavy atom. The summed E-state index contributed by atoms with van der Waals surface area (Å²) in [6.07, 6.45) is 0.440. The SMILES string of the molecule is CC1(C)C(O)CC1NCc1ccc([N+](=O)[O-])cc1Cl. The molecule has 2 rings (SSSR count). The van der Waals surface area contributed by atoms with Gasteiger partial charge in [-0.05, 0) is 18.1 Å². The second kappa shape index (κ2) is 5.07. The monoisotopic (exact) mass is 284 g/mol. The van der Waals surface area contributed by atoms with Gasteiger partial charge in [0.1, 0.15) is 0 Å². The Hall–Kier alpha value is -1.17. The highest BCUT2D eigenvalue weighted by Gasteiger charge is 2.46. The third-order valence-electron chi connectivity index (χ3n) is 4.00. The van der Waals surface area contributed by atoms with Crippen molar-refractivity contribution in [2.24, 2.45) is 5.41 Å². The largest absolute Gasteiger partial charge is 0.392 e. The summed E-state index contributed by atoms with van der Waals surface area (Å²) < 4.78 is 0. The molecule has 0 radical (unpaired) electrons. The molecule has 0 aliphatic heterocycles. The fourth-order valence-corrected chi connectivity index (χ4v) is 2.52. The minimum atomic E-state index is -0.464. The zero-order valence-corrected chi connectivity index (χ0v) is 11.6. The van der Waals surface area contributed by atoms with E-state index in [9.17, 15) is 15.2 Å². The van der Waals surface area contributed by atoms with Crippen molar-refractivity contribution in [3.63, 3.8) is 0 Å². The van der Waals surface area contributed by atoms with E-state index in [2.05, 4.69) is 5.32 Å². The van der Waals surface area contributed by atoms with Gasteiger partial charge in [0.25, 0.3) is 5.69 Å². The molecule has 0 aromatic heterocycles. The third-order valence-corrected chi connectivity index (χ3v) is 4.35. The lowest BCUT2D eigenvalue weighted by atomic mass is 9.64. The zero-order chi connectivity index (χ0) is 14.2. The number of nitro benzene ring substituents is 1. The van der Waals surface area contributed by atoms with Crippen molar-refractivity contribution in [1.29, 1.82) is 0 Å². The van der Waals surface area contributed by atoms with E-state index in [0.29, 0.717) is 11.6 Å². The minimum absolute atomic E-state index is 0.00635. The molecule has 0 spiro atoms. The van der Waals surface area contributed by atoms with E-state index in [1.165, 1.54) is 12.1 Å². The van der Waals surface area contributed by atoms with E-state index in [4.69, 9.17) is 11.6 Å². The van der Waals surface area contributed by atoms with Gasteiger partial charge in [-0.2, -0.15) is 0 Å². The van der Waals surface area contributed by atoms with Crippen molar-refractivity contribution in [3.05, 3.63) is 38.9 Å². The average molecular weight is 285 g/mol. The maximum absolute atomic E-state index is 10.6. The molecule has 1 aliphatic rings. The number of nitrogens with one attached hydrogen (secondary N) is 1. The van der Waals surface area contributed by atoms with Crippen LogP contribution in [0.15, 0.2) is 18.2 Å². The van der Waals surface area contributed by atoms with Gasteiger partial charge >= 0.3 is 0 Å². The highest BCUT2D eigenvalue weighted by Crippen LogP contribution is 2.40. The molecule has 0 amide bonds. The van der Waals surface area contributed by atoms with E-state index in [1.54, 1.807) is 6.07 Å². The summed E-state index contributed by atoms with van der Waals surface area (Å²) in [5.41, 5.74) is 0.672. The quantitative estimate of drug-likeness (QED) is 0.658. The van der Waals surface area contributed by atoms with Crippen molar-refractivity contribution in [2.45, 2.75) is 39.0 Å². The van der Waals surface area contributed by atoms with Crippen LogP contribution in [0.5, 0.6) is 0 Å². The topological polar surface area (TPSA) is 75.4 Å². The predicted molar refractivity (Wildman–Crippen MR) is 73.1 cm³/mol. The number of hydrogen-bond acceptors (Lipinski definition) is 4. The number of nitro groups is 1. The first-order valence-corrected chi connectivity index (χ1v) is 6.54. The predicted octanol–water partition coefficient (Wildman–Crippen LogP) is 2.50. The number of nitrogens with zero attached hydrogens (tertiary/aromatic N) is 1. The van der Waals surface area contributed by atoms with Crippen LogP contribution < -0.4 is 5.32 Å². The van der Waals surface area contributed by atoms with E-state index >= 15 is 0 Å². The van der Waals surface area contributed by atoms with E-state index in [1.807, 2.05) is 13.8 Å². The number of halogens is 1. The minimum Gasteiger partial charge on any atom is -0.392 e. The van der Waals surface area contributed by atoms with Gasteiger partial charge in [0.2, 0.25) is 0 Å². The van der Waals surface area contributed by atoms with Crippen molar-refractivity contribution in [2.75, 3.05) is 0 Å². The molecule has 2 N–H and O–H groups in total. The summed E-state index contributed by atoms with van der Waals surface area (Å²) in [5, 5.41) is 24.0. The van der Waals surface area contributed by atoms with E-state index < -0.39 is 4.92 Å². The standard InChI is InChI=1S/C13H17ClN2O3/c1-13(2)11(6-12(13)17)15-7-8-3-4-9(16(18)19)5-10(8)14/h3-5,11-12,15,17H,6-7H2,1-2H3. The second-order valence-corrected chi connectivity index (χ2v) is 5.95. The summed E-state index contributed by atoms with van der Waals surface area (Å²) in [7, 11) is 0. The van der Waals surface area contributed by atoms with Crippen molar-refractivity contribution >= 4 is 17.3 Å². The van der Waals surface area contributed by atoms with Crippen molar-refractivity contribution < 1.29 is 10.0 Å². The van der Waals surface area contributed by atoms with E-state index in [0.717, 1.165) is 12.0 Å². The lowest BCUT2D eigenvalue weighted by Gasteiger charge is -2.49. The Kier molecular flexibility index (Phi) is 3.80. The van der Waals surface area contributed by atoms with Gasteiger partial charge in [-0.1, -0.05) is 25.4 Å². The Bertz CT molecular complexity index is 505. The van der Waals surface area contributed by atoms with Gasteiger partial charge in [0, 0.05) is 30.1 Å². The number of hydrogen-bond donors (Lipinski definition) is 2. The van der Waals surface area contributed by atoms with Crippen LogP contribution in [0.25, 0.3) is 0 Å². The average Bonchev–Trinajstić information content (AvgIpc) is 2.35. The molecule has 0 saturated heterocycles. The molecule has 1 aromatic rings. The lowest BCUT2D eigenvalue weighted by molar-refractivity contribution is -0.384. The summed E-state index contributed by atoms with van der Waals surface area (Å²) >= 11 is 6.02. The van der Waals surface area contributed by atoms with Gasteiger partial charge in [0.15, 0.2) is 0 Å². The Balaban J connectivity index is 1.99. The highest BCUT2D eigenvalue weighted by atomic mass is 35.5. The first kappa shape index (κ1) is 14.2. The summed E-state index contributed by atoms with van der Waals surface area (Å²) in [5.74, 6) is 0. The van der Waals surface area contributed by atoms with Crippen LogP contribution in [0.2, 0.25) is 5.02 Å². The molecule has 1 aliphatic carbocycles. The van der Waals surface area contributed by atoms with Crippen molar-refractivity contribution in [1.82, 2.24) is 5.32 Å². The van der Waals surface area contributed by atoms with Gasteiger partial charge < -0.3 is 10.4 Å². The smallest absolute Gasteiger partial charge is 0.270 e. The fraction of sp³-hybridized carbons (Fsp3) is 0.538. The number of benzene rings is 1. The molecule has 1 aromatic carbocycles. The van der Waals surface area contributed by atoms with E-state index in [-0.39, 0.29) is 23.2 Å². The van der Waals surface area contributed by atoms with Crippen molar-refractivity contribution in [3.8, 4) is 0 Å². The molecule has 5 nitrogen and oxygen atoms in total. The second-order valence-electron chi connectivity index (χ2n) is 5.54. The van der Waals surface area contributed by atoms with Gasteiger partial charge in [-0.3, -0.25) is 10.1 Å². The number of aliphatic hydroxyl groups excluding tert-OH is 1. The molecular weight excluding hydrogens is 268 g/mol. The highest BCUT2D eigenvalue weighted by molar-refractivity contribution is 6.31. The summed E-state index contributed by atoms with van der Waals surface area (Å²) in [6, 6.07) is 4.70. The number of rotatable bonds is 4. The van der Waals surface area contributed by atoms with Crippen LogP contribution in [0.4, 0.5) is 5.69 Å². The van der Waals surface area contributed by atoms with Gasteiger partial charge in [-0.15, -0.1) is 0 Å². The molecular formula is C13H17ClN2O3. The molecule has 2 unspecified atom stereocenters. The van der Waals surface area contributed by atoms with Crippen LogP contribution in [0.1, 0.15) is 25.8 Å². The molecule has 2 atom stereocenters. The Morgan fingerprint density at radius 1 is 1.58 bits per heavy atom. The van der Waals surface area contributed by atoms with Crippen LogP contribution >= 0.6 is 11.6 Å². The number of aliphatic hydroxyl groups is 1. The molecule has 0 bridgehead atoms. The lowest BCUT2D eigenvalue weighted by Crippen LogP contribution is -2.59. The molecule has 1 fully saturated rings. The Morgan fingerprint density at radius 2 is 2.26 bits per heavy atom. The molecule has 1 saturated carbocycles. The first-order valence-electron chi connectivity index (χ1n) is 6.16. The summed E-state index contributed by atoms with van der Waals surface area (Å²) in [4.78, 5) is 10.1. The van der Waals surface area contributed by atoms with Gasteiger partial charge in [-0.25, -0.2) is 0 Å². The molecule has 104 valence electrons.